The van der Waals surface area contributed by atoms with E-state index in [0.29, 0.717) is 33.2 Å². The molecule has 0 radical (unpaired) electrons. The van der Waals surface area contributed by atoms with Crippen molar-refractivity contribution in [1.82, 2.24) is 0 Å². The van der Waals surface area contributed by atoms with Gasteiger partial charge >= 0.3 is 0 Å². The van der Waals surface area contributed by atoms with Crippen LogP contribution >= 0.6 is 23.2 Å². The van der Waals surface area contributed by atoms with Gasteiger partial charge in [0.25, 0.3) is 0 Å². The molecule has 0 aliphatic heterocycles. The zero-order chi connectivity index (χ0) is 14.5. The average molecular weight is 306 g/mol. The Balaban J connectivity index is 2.19. The van der Waals surface area contributed by atoms with Crippen LogP contribution in [0.1, 0.15) is 21.5 Å². The normalized spacial score (nSPS) is 9.85. The molecule has 0 fully saturated rings. The van der Waals surface area contributed by atoms with E-state index in [1.54, 1.807) is 36.4 Å². The molecular formula is C15H9Cl2NO2. The molecule has 2 rings (SSSR count). The number of hydrogen-bond donors (Lipinski definition) is 0. The maximum Gasteiger partial charge on any atom is 0.155 e. The van der Waals surface area contributed by atoms with Crippen LogP contribution in [0, 0.1) is 11.3 Å². The van der Waals surface area contributed by atoms with Gasteiger partial charge in [-0.2, -0.15) is 5.26 Å². The molecule has 0 unspecified atom stereocenters. The summed E-state index contributed by atoms with van der Waals surface area (Å²) in [6.45, 7) is 0.186. The predicted octanol–water partition coefficient (Wildman–Crippen LogP) is 4.26. The molecule has 2 aromatic carbocycles. The average Bonchev–Trinajstić information content (AvgIpc) is 2.46. The van der Waals surface area contributed by atoms with Crippen molar-refractivity contribution in [2.45, 2.75) is 6.61 Å². The number of halogens is 2. The Bertz CT molecular complexity index is 693. The number of rotatable bonds is 4. The first-order valence-electron chi connectivity index (χ1n) is 5.70. The lowest BCUT2D eigenvalue weighted by Gasteiger charge is -2.10. The zero-order valence-corrected chi connectivity index (χ0v) is 11.8. The van der Waals surface area contributed by atoms with Crippen LogP contribution < -0.4 is 4.74 Å². The highest BCUT2D eigenvalue weighted by molar-refractivity contribution is 6.33. The summed E-state index contributed by atoms with van der Waals surface area (Å²) in [5.41, 5.74) is 1.51. The maximum absolute atomic E-state index is 11.0. The predicted molar refractivity (Wildman–Crippen MR) is 77.3 cm³/mol. The van der Waals surface area contributed by atoms with Gasteiger partial charge in [0, 0.05) is 10.6 Å². The number of carbonyl (C=O) groups excluding carboxylic acids is 1. The molecule has 0 aliphatic carbocycles. The highest BCUT2D eigenvalue weighted by Crippen LogP contribution is 2.26. The monoisotopic (exact) mass is 305 g/mol. The minimum absolute atomic E-state index is 0.186. The minimum atomic E-state index is 0.186. The van der Waals surface area contributed by atoms with E-state index in [4.69, 9.17) is 33.2 Å². The molecule has 3 nitrogen and oxygen atoms in total. The minimum Gasteiger partial charge on any atom is -0.488 e. The lowest BCUT2D eigenvalue weighted by molar-refractivity contribution is 0.111. The second-order valence-electron chi connectivity index (χ2n) is 3.98. The lowest BCUT2D eigenvalue weighted by atomic mass is 10.1. The number of nitriles is 1. The third kappa shape index (κ3) is 3.11. The molecule has 0 spiro atoms. The summed E-state index contributed by atoms with van der Waals surface area (Å²) in [5.74, 6) is 0.396. The Morgan fingerprint density at radius 2 is 2.00 bits per heavy atom. The van der Waals surface area contributed by atoms with Crippen LogP contribution in [0.3, 0.4) is 0 Å². The number of aldehydes is 1. The highest BCUT2D eigenvalue weighted by Gasteiger charge is 2.09. The summed E-state index contributed by atoms with van der Waals surface area (Å²) in [7, 11) is 0. The van der Waals surface area contributed by atoms with Crippen molar-refractivity contribution in [3.8, 4) is 11.8 Å². The molecule has 2 aromatic rings. The smallest absolute Gasteiger partial charge is 0.155 e. The van der Waals surface area contributed by atoms with E-state index in [-0.39, 0.29) is 6.61 Å². The molecule has 0 amide bonds. The SMILES string of the molecule is N#Cc1ccc(COc2cccc(Cl)c2C=O)c(Cl)c1. The van der Waals surface area contributed by atoms with Crippen LogP contribution in [-0.2, 0) is 6.61 Å². The molecule has 0 saturated carbocycles. The summed E-state index contributed by atoms with van der Waals surface area (Å²) in [4.78, 5) is 11.0. The molecule has 0 saturated heterocycles. The molecular weight excluding hydrogens is 297 g/mol. The van der Waals surface area contributed by atoms with Crippen molar-refractivity contribution < 1.29 is 9.53 Å². The van der Waals surface area contributed by atoms with Crippen LogP contribution in [-0.4, -0.2) is 6.29 Å². The first-order chi connectivity index (χ1) is 9.65. The van der Waals surface area contributed by atoms with E-state index in [9.17, 15) is 4.79 Å². The first kappa shape index (κ1) is 14.4. The lowest BCUT2D eigenvalue weighted by Crippen LogP contribution is -1.99. The quantitative estimate of drug-likeness (QED) is 0.793. The van der Waals surface area contributed by atoms with Crippen molar-refractivity contribution in [2.24, 2.45) is 0 Å². The number of carbonyl (C=O) groups is 1. The summed E-state index contributed by atoms with van der Waals surface area (Å²) >= 11 is 12.0. The third-order valence-corrected chi connectivity index (χ3v) is 3.38. The number of benzene rings is 2. The fourth-order valence-electron chi connectivity index (χ4n) is 1.65. The Morgan fingerprint density at radius 3 is 2.65 bits per heavy atom. The maximum atomic E-state index is 11.0. The number of nitrogens with zero attached hydrogens (tertiary/aromatic N) is 1. The van der Waals surface area contributed by atoms with Gasteiger partial charge < -0.3 is 4.74 Å². The Morgan fingerprint density at radius 1 is 1.20 bits per heavy atom. The van der Waals surface area contributed by atoms with Crippen molar-refractivity contribution in [3.63, 3.8) is 0 Å². The number of hydrogen-bond acceptors (Lipinski definition) is 3. The van der Waals surface area contributed by atoms with Crippen LogP contribution in [0.4, 0.5) is 0 Å². The Kier molecular flexibility index (Phi) is 4.62. The molecule has 0 N–H and O–H groups in total. The summed E-state index contributed by atoms with van der Waals surface area (Å²) in [5, 5.41) is 9.55. The molecule has 0 heterocycles. The Hall–Kier alpha value is -2.02. The van der Waals surface area contributed by atoms with E-state index >= 15 is 0 Å². The standard InChI is InChI=1S/C15H9Cl2NO2/c16-13-2-1-3-15(12(13)8-19)20-9-11-5-4-10(7-18)6-14(11)17/h1-6,8H,9H2. The molecule has 0 atom stereocenters. The fourth-order valence-corrected chi connectivity index (χ4v) is 2.09. The third-order valence-electron chi connectivity index (χ3n) is 2.70. The summed E-state index contributed by atoms with van der Waals surface area (Å²) in [6.07, 6.45) is 0.651. The van der Waals surface area contributed by atoms with Crippen LogP contribution in [0.15, 0.2) is 36.4 Å². The van der Waals surface area contributed by atoms with Crippen molar-refractivity contribution in [1.29, 1.82) is 5.26 Å². The van der Waals surface area contributed by atoms with Crippen molar-refractivity contribution in [3.05, 3.63) is 63.1 Å². The van der Waals surface area contributed by atoms with Gasteiger partial charge in [-0.3, -0.25) is 4.79 Å². The van der Waals surface area contributed by atoms with E-state index in [1.807, 2.05) is 6.07 Å². The van der Waals surface area contributed by atoms with E-state index in [1.165, 1.54) is 0 Å². The molecule has 0 aromatic heterocycles. The zero-order valence-electron chi connectivity index (χ0n) is 10.3. The van der Waals surface area contributed by atoms with Gasteiger partial charge in [0.05, 0.1) is 22.2 Å². The molecule has 0 bridgehead atoms. The van der Waals surface area contributed by atoms with Crippen LogP contribution in [0.5, 0.6) is 5.75 Å². The molecule has 100 valence electrons. The van der Waals surface area contributed by atoms with Gasteiger partial charge in [0.15, 0.2) is 6.29 Å². The van der Waals surface area contributed by atoms with Gasteiger partial charge in [-0.15, -0.1) is 0 Å². The number of ether oxygens (including phenoxy) is 1. The highest BCUT2D eigenvalue weighted by atomic mass is 35.5. The van der Waals surface area contributed by atoms with Crippen LogP contribution in [0.25, 0.3) is 0 Å². The molecule has 0 aliphatic rings. The van der Waals surface area contributed by atoms with Gasteiger partial charge in [-0.05, 0) is 24.3 Å². The summed E-state index contributed by atoms with van der Waals surface area (Å²) < 4.78 is 5.57. The van der Waals surface area contributed by atoms with Gasteiger partial charge in [0.1, 0.15) is 12.4 Å². The van der Waals surface area contributed by atoms with Gasteiger partial charge in [-0.1, -0.05) is 35.3 Å². The fraction of sp³-hybridized carbons (Fsp3) is 0.0667. The Labute approximate surface area is 126 Å². The van der Waals surface area contributed by atoms with Crippen molar-refractivity contribution >= 4 is 29.5 Å². The van der Waals surface area contributed by atoms with Crippen LogP contribution in [0.2, 0.25) is 10.0 Å². The topological polar surface area (TPSA) is 50.1 Å². The van der Waals surface area contributed by atoms with E-state index in [0.717, 1.165) is 5.56 Å². The molecule has 5 heteroatoms. The van der Waals surface area contributed by atoms with E-state index in [2.05, 4.69) is 0 Å². The summed E-state index contributed by atoms with van der Waals surface area (Å²) in [6, 6.07) is 11.9. The first-order valence-corrected chi connectivity index (χ1v) is 6.46. The van der Waals surface area contributed by atoms with Gasteiger partial charge in [-0.25, -0.2) is 0 Å². The second kappa shape index (κ2) is 6.42. The van der Waals surface area contributed by atoms with Gasteiger partial charge in [0.2, 0.25) is 0 Å². The second-order valence-corrected chi connectivity index (χ2v) is 4.79. The largest absolute Gasteiger partial charge is 0.488 e. The van der Waals surface area contributed by atoms with Crippen molar-refractivity contribution in [2.75, 3.05) is 0 Å². The van der Waals surface area contributed by atoms with E-state index < -0.39 is 0 Å². The molecule has 20 heavy (non-hydrogen) atoms.